The minimum absolute atomic E-state index is 0.243. The van der Waals surface area contributed by atoms with E-state index in [0.717, 1.165) is 13.1 Å². The Morgan fingerprint density at radius 2 is 1.80 bits per heavy atom. The monoisotopic (exact) mass is 274 g/mol. The number of nitrogens with one attached hydrogen (secondary N) is 1. The van der Waals surface area contributed by atoms with E-state index in [-0.39, 0.29) is 5.41 Å². The number of rotatable bonds is 3. The fourth-order valence-corrected chi connectivity index (χ4v) is 3.09. The molecule has 20 heavy (non-hydrogen) atoms. The average Bonchev–Trinajstić information content (AvgIpc) is 2.68. The van der Waals surface area contributed by atoms with Crippen LogP contribution in [0.4, 0.5) is 0 Å². The molecule has 1 atom stereocenters. The van der Waals surface area contributed by atoms with Crippen LogP contribution in [-0.2, 0) is 5.41 Å². The largest absolute Gasteiger partial charge is 0.315 e. The van der Waals surface area contributed by atoms with Crippen LogP contribution in [0.1, 0.15) is 57.7 Å². The highest BCUT2D eigenvalue weighted by Gasteiger charge is 2.20. The molecule has 0 aliphatic carbocycles. The first-order valence-corrected chi connectivity index (χ1v) is 8.07. The smallest absolute Gasteiger partial charge is 0.0346 e. The van der Waals surface area contributed by atoms with Crippen molar-refractivity contribution >= 4 is 0 Å². The van der Waals surface area contributed by atoms with Crippen molar-refractivity contribution in [3.8, 4) is 0 Å². The zero-order chi connectivity index (χ0) is 14.6. The second-order valence-electron chi connectivity index (χ2n) is 6.94. The summed E-state index contributed by atoms with van der Waals surface area (Å²) in [6, 6.07) is 9.88. The topological polar surface area (TPSA) is 15.3 Å². The summed E-state index contributed by atoms with van der Waals surface area (Å²) in [5, 5.41) is 3.49. The van der Waals surface area contributed by atoms with Gasteiger partial charge in [-0.1, -0.05) is 52.0 Å². The molecule has 1 heterocycles. The standard InChI is InChI=1S/C18H30N2/c1-5-17(20-13-6-11-19-12-14-20)15-7-9-16(10-8-15)18(2,3)4/h7-10,17,19H,5-6,11-14H2,1-4H3. The third-order valence-corrected chi connectivity index (χ3v) is 4.36. The van der Waals surface area contributed by atoms with E-state index in [2.05, 4.69) is 62.2 Å². The molecular formula is C18H30N2. The number of benzene rings is 1. The lowest BCUT2D eigenvalue weighted by molar-refractivity contribution is 0.205. The van der Waals surface area contributed by atoms with E-state index in [9.17, 15) is 0 Å². The highest BCUT2D eigenvalue weighted by molar-refractivity contribution is 5.29. The third kappa shape index (κ3) is 3.83. The van der Waals surface area contributed by atoms with Gasteiger partial charge in [-0.25, -0.2) is 0 Å². The Bertz CT molecular complexity index is 394. The summed E-state index contributed by atoms with van der Waals surface area (Å²) in [4.78, 5) is 2.64. The predicted octanol–water partition coefficient (Wildman–Crippen LogP) is 3.73. The molecule has 0 spiro atoms. The SMILES string of the molecule is CCC(c1ccc(C(C)(C)C)cc1)N1CCCNCC1. The van der Waals surface area contributed by atoms with Gasteiger partial charge in [0, 0.05) is 25.7 Å². The van der Waals surface area contributed by atoms with Crippen LogP contribution in [0.3, 0.4) is 0 Å². The molecule has 112 valence electrons. The molecular weight excluding hydrogens is 244 g/mol. The van der Waals surface area contributed by atoms with Crippen LogP contribution in [-0.4, -0.2) is 31.1 Å². The van der Waals surface area contributed by atoms with E-state index in [0.29, 0.717) is 6.04 Å². The molecule has 0 saturated carbocycles. The summed E-state index contributed by atoms with van der Waals surface area (Å²) in [7, 11) is 0. The van der Waals surface area contributed by atoms with Crippen molar-refractivity contribution in [2.75, 3.05) is 26.2 Å². The Kier molecular flexibility index (Phi) is 5.22. The summed E-state index contributed by atoms with van der Waals surface area (Å²) in [6.45, 7) is 13.8. The summed E-state index contributed by atoms with van der Waals surface area (Å²) < 4.78 is 0. The van der Waals surface area contributed by atoms with E-state index < -0.39 is 0 Å². The number of nitrogens with zero attached hydrogens (tertiary/aromatic N) is 1. The van der Waals surface area contributed by atoms with Gasteiger partial charge in [0.25, 0.3) is 0 Å². The first kappa shape index (κ1) is 15.5. The summed E-state index contributed by atoms with van der Waals surface area (Å²) in [6.07, 6.45) is 2.45. The molecule has 0 amide bonds. The van der Waals surface area contributed by atoms with Gasteiger partial charge in [-0.05, 0) is 35.9 Å². The lowest BCUT2D eigenvalue weighted by atomic mass is 9.86. The Labute approximate surface area is 124 Å². The Morgan fingerprint density at radius 1 is 1.10 bits per heavy atom. The van der Waals surface area contributed by atoms with Crippen molar-refractivity contribution in [3.63, 3.8) is 0 Å². The van der Waals surface area contributed by atoms with Crippen LogP contribution >= 0.6 is 0 Å². The van der Waals surface area contributed by atoms with E-state index in [1.54, 1.807) is 0 Å². The first-order valence-electron chi connectivity index (χ1n) is 8.07. The van der Waals surface area contributed by atoms with Crippen molar-refractivity contribution in [1.29, 1.82) is 0 Å². The van der Waals surface area contributed by atoms with Crippen molar-refractivity contribution in [2.24, 2.45) is 0 Å². The van der Waals surface area contributed by atoms with Crippen LogP contribution in [0.2, 0.25) is 0 Å². The van der Waals surface area contributed by atoms with Gasteiger partial charge in [-0.3, -0.25) is 4.90 Å². The second kappa shape index (κ2) is 6.73. The molecule has 1 aromatic rings. The molecule has 1 aliphatic heterocycles. The lowest BCUT2D eigenvalue weighted by Gasteiger charge is -2.30. The van der Waals surface area contributed by atoms with Crippen molar-refractivity contribution in [1.82, 2.24) is 10.2 Å². The molecule has 1 unspecified atom stereocenters. The molecule has 0 bridgehead atoms. The van der Waals surface area contributed by atoms with Crippen molar-refractivity contribution < 1.29 is 0 Å². The highest BCUT2D eigenvalue weighted by atomic mass is 15.2. The number of hydrogen-bond acceptors (Lipinski definition) is 2. The fraction of sp³-hybridized carbons (Fsp3) is 0.667. The van der Waals surface area contributed by atoms with Crippen LogP contribution in [0.25, 0.3) is 0 Å². The van der Waals surface area contributed by atoms with Gasteiger partial charge in [-0.2, -0.15) is 0 Å². The molecule has 1 aromatic carbocycles. The molecule has 0 radical (unpaired) electrons. The molecule has 1 N–H and O–H groups in total. The first-order chi connectivity index (χ1) is 9.52. The van der Waals surface area contributed by atoms with Crippen LogP contribution < -0.4 is 5.32 Å². The lowest BCUT2D eigenvalue weighted by Crippen LogP contribution is -2.32. The normalized spacial score (nSPS) is 19.6. The molecule has 2 heteroatoms. The van der Waals surface area contributed by atoms with Gasteiger partial charge in [0.1, 0.15) is 0 Å². The van der Waals surface area contributed by atoms with Crippen LogP contribution in [0, 0.1) is 0 Å². The second-order valence-corrected chi connectivity index (χ2v) is 6.94. The Morgan fingerprint density at radius 3 is 2.40 bits per heavy atom. The Balaban J connectivity index is 2.14. The maximum atomic E-state index is 3.49. The summed E-state index contributed by atoms with van der Waals surface area (Å²) in [5.41, 5.74) is 3.14. The minimum atomic E-state index is 0.243. The maximum absolute atomic E-state index is 3.49. The minimum Gasteiger partial charge on any atom is -0.315 e. The zero-order valence-electron chi connectivity index (χ0n) is 13.6. The van der Waals surface area contributed by atoms with Gasteiger partial charge in [0.2, 0.25) is 0 Å². The van der Waals surface area contributed by atoms with Gasteiger partial charge in [0.15, 0.2) is 0 Å². The van der Waals surface area contributed by atoms with E-state index >= 15 is 0 Å². The van der Waals surface area contributed by atoms with Gasteiger partial charge in [0.05, 0.1) is 0 Å². The quantitative estimate of drug-likeness (QED) is 0.903. The van der Waals surface area contributed by atoms with E-state index in [1.807, 2.05) is 0 Å². The predicted molar refractivity (Wildman–Crippen MR) is 87.2 cm³/mol. The average molecular weight is 274 g/mol. The molecule has 1 fully saturated rings. The zero-order valence-corrected chi connectivity index (χ0v) is 13.6. The van der Waals surface area contributed by atoms with E-state index in [4.69, 9.17) is 0 Å². The molecule has 1 aliphatic rings. The molecule has 2 nitrogen and oxygen atoms in total. The Hall–Kier alpha value is -0.860. The van der Waals surface area contributed by atoms with Crippen LogP contribution in [0.5, 0.6) is 0 Å². The van der Waals surface area contributed by atoms with Crippen LogP contribution in [0.15, 0.2) is 24.3 Å². The molecule has 2 rings (SSSR count). The summed E-state index contributed by atoms with van der Waals surface area (Å²) >= 11 is 0. The fourth-order valence-electron chi connectivity index (χ4n) is 3.09. The highest BCUT2D eigenvalue weighted by Crippen LogP contribution is 2.28. The van der Waals surface area contributed by atoms with Gasteiger partial charge in [-0.15, -0.1) is 0 Å². The van der Waals surface area contributed by atoms with Crippen molar-refractivity contribution in [3.05, 3.63) is 35.4 Å². The molecule has 0 aromatic heterocycles. The maximum Gasteiger partial charge on any atom is 0.0346 e. The third-order valence-electron chi connectivity index (χ3n) is 4.36. The number of hydrogen-bond donors (Lipinski definition) is 1. The van der Waals surface area contributed by atoms with Gasteiger partial charge < -0.3 is 5.32 Å². The van der Waals surface area contributed by atoms with Crippen molar-refractivity contribution in [2.45, 2.75) is 52.0 Å². The van der Waals surface area contributed by atoms with Gasteiger partial charge >= 0.3 is 0 Å². The summed E-state index contributed by atoms with van der Waals surface area (Å²) in [5.74, 6) is 0. The van der Waals surface area contributed by atoms with E-state index in [1.165, 1.54) is 37.1 Å². The molecule has 1 saturated heterocycles.